The monoisotopic (exact) mass is 291 g/mol. The Balaban J connectivity index is 1.82. The van der Waals surface area contributed by atoms with Gasteiger partial charge in [0.1, 0.15) is 12.4 Å². The van der Waals surface area contributed by atoms with Crippen molar-refractivity contribution >= 4 is 34.1 Å². The highest BCUT2D eigenvalue weighted by Gasteiger charge is 2.06. The summed E-state index contributed by atoms with van der Waals surface area (Å²) < 4.78 is 5.75. The van der Waals surface area contributed by atoms with E-state index in [0.717, 1.165) is 22.2 Å². The zero-order valence-corrected chi connectivity index (χ0v) is 11.5. The van der Waals surface area contributed by atoms with Crippen LogP contribution in [0.25, 0.3) is 10.9 Å². The molecule has 3 rings (SSSR count). The first kappa shape index (κ1) is 12.4. The summed E-state index contributed by atoms with van der Waals surface area (Å²) in [4.78, 5) is 3.14. The molecule has 0 fully saturated rings. The van der Waals surface area contributed by atoms with Crippen molar-refractivity contribution in [2.24, 2.45) is 0 Å². The Morgan fingerprint density at radius 3 is 2.58 bits per heavy atom. The van der Waals surface area contributed by atoms with Gasteiger partial charge in [-0.1, -0.05) is 29.3 Å². The number of ether oxygens (including phenoxy) is 1. The molecule has 0 bridgehead atoms. The van der Waals surface area contributed by atoms with Crippen LogP contribution in [0.3, 0.4) is 0 Å². The summed E-state index contributed by atoms with van der Waals surface area (Å²) in [5.74, 6) is 0.795. The van der Waals surface area contributed by atoms with E-state index in [4.69, 9.17) is 27.9 Å². The average molecular weight is 292 g/mol. The fourth-order valence-electron chi connectivity index (χ4n) is 1.95. The van der Waals surface area contributed by atoms with Crippen molar-refractivity contribution in [2.45, 2.75) is 6.61 Å². The topological polar surface area (TPSA) is 25.0 Å². The molecule has 0 aliphatic carbocycles. The second kappa shape index (κ2) is 5.16. The Hall–Kier alpha value is -1.64. The Kier molecular flexibility index (Phi) is 3.36. The molecule has 2 aromatic carbocycles. The maximum atomic E-state index is 6.10. The van der Waals surface area contributed by atoms with E-state index in [1.54, 1.807) is 0 Å². The van der Waals surface area contributed by atoms with Crippen LogP contribution in [0.1, 0.15) is 5.56 Å². The number of hydrogen-bond acceptors (Lipinski definition) is 1. The van der Waals surface area contributed by atoms with Crippen LogP contribution < -0.4 is 4.74 Å². The molecule has 0 saturated heterocycles. The maximum Gasteiger partial charge on any atom is 0.120 e. The lowest BCUT2D eigenvalue weighted by Gasteiger charge is -2.09. The van der Waals surface area contributed by atoms with Gasteiger partial charge < -0.3 is 9.72 Å². The highest BCUT2D eigenvalue weighted by Crippen LogP contribution is 2.26. The van der Waals surface area contributed by atoms with Gasteiger partial charge in [-0.05, 0) is 36.4 Å². The fourth-order valence-corrected chi connectivity index (χ4v) is 2.45. The van der Waals surface area contributed by atoms with Gasteiger partial charge in [-0.2, -0.15) is 0 Å². The van der Waals surface area contributed by atoms with Crippen molar-refractivity contribution in [2.75, 3.05) is 0 Å². The van der Waals surface area contributed by atoms with Gasteiger partial charge in [-0.25, -0.2) is 0 Å². The molecule has 1 N–H and O–H groups in total. The standard InChI is InChI=1S/C15H11Cl2NO/c16-13-2-1-3-14(17)12(13)9-19-11-4-5-15-10(8-11)6-7-18-15/h1-8,18H,9H2. The number of nitrogens with one attached hydrogen (secondary N) is 1. The normalized spacial score (nSPS) is 10.8. The molecule has 0 radical (unpaired) electrons. The lowest BCUT2D eigenvalue weighted by atomic mass is 10.2. The van der Waals surface area contributed by atoms with Crippen molar-refractivity contribution in [1.29, 1.82) is 0 Å². The van der Waals surface area contributed by atoms with Crippen molar-refractivity contribution in [3.63, 3.8) is 0 Å². The first-order chi connectivity index (χ1) is 9.24. The number of fused-ring (bicyclic) bond motifs is 1. The van der Waals surface area contributed by atoms with Crippen molar-refractivity contribution < 1.29 is 4.74 Å². The van der Waals surface area contributed by atoms with Crippen LogP contribution in [0, 0.1) is 0 Å². The number of rotatable bonds is 3. The molecule has 0 atom stereocenters. The number of aromatic nitrogens is 1. The van der Waals surface area contributed by atoms with Crippen LogP contribution in [0.4, 0.5) is 0 Å². The minimum atomic E-state index is 0.356. The number of benzene rings is 2. The first-order valence-electron chi connectivity index (χ1n) is 5.87. The molecule has 0 aliphatic rings. The largest absolute Gasteiger partial charge is 0.489 e. The quantitative estimate of drug-likeness (QED) is 0.717. The molecule has 96 valence electrons. The SMILES string of the molecule is Clc1cccc(Cl)c1COc1ccc2[nH]ccc2c1. The summed E-state index contributed by atoms with van der Waals surface area (Å²) in [5.41, 5.74) is 1.89. The molecule has 19 heavy (non-hydrogen) atoms. The van der Waals surface area contributed by atoms with Crippen LogP contribution in [0.5, 0.6) is 5.75 Å². The zero-order valence-electron chi connectivity index (χ0n) is 9.99. The zero-order chi connectivity index (χ0) is 13.2. The molecule has 0 amide bonds. The van der Waals surface area contributed by atoms with Gasteiger partial charge in [-0.15, -0.1) is 0 Å². The van der Waals surface area contributed by atoms with E-state index in [-0.39, 0.29) is 0 Å². The summed E-state index contributed by atoms with van der Waals surface area (Å²) in [6.07, 6.45) is 1.90. The van der Waals surface area contributed by atoms with Crippen LogP contribution in [-0.2, 0) is 6.61 Å². The third-order valence-electron chi connectivity index (χ3n) is 2.97. The molecular formula is C15H11Cl2NO. The predicted molar refractivity (Wildman–Crippen MR) is 79.1 cm³/mol. The second-order valence-electron chi connectivity index (χ2n) is 4.22. The smallest absolute Gasteiger partial charge is 0.120 e. The Bertz CT molecular complexity index is 701. The van der Waals surface area contributed by atoms with Gasteiger partial charge in [-0.3, -0.25) is 0 Å². The highest BCUT2D eigenvalue weighted by molar-refractivity contribution is 6.35. The molecule has 0 aliphatic heterocycles. The third-order valence-corrected chi connectivity index (χ3v) is 3.68. The van der Waals surface area contributed by atoms with E-state index in [1.807, 2.05) is 48.7 Å². The van der Waals surface area contributed by atoms with E-state index in [0.29, 0.717) is 16.7 Å². The summed E-state index contributed by atoms with van der Waals surface area (Å²) in [7, 11) is 0. The van der Waals surface area contributed by atoms with Crippen molar-refractivity contribution in [3.05, 3.63) is 64.3 Å². The fraction of sp³-hybridized carbons (Fsp3) is 0.0667. The molecule has 0 spiro atoms. The predicted octanol–water partition coefficient (Wildman–Crippen LogP) is 5.05. The van der Waals surface area contributed by atoms with Crippen LogP contribution in [0.15, 0.2) is 48.7 Å². The van der Waals surface area contributed by atoms with E-state index >= 15 is 0 Å². The Labute approximate surface area is 120 Å². The summed E-state index contributed by atoms with van der Waals surface area (Å²) >= 11 is 12.2. The van der Waals surface area contributed by atoms with E-state index < -0.39 is 0 Å². The van der Waals surface area contributed by atoms with Gasteiger partial charge in [0, 0.05) is 32.7 Å². The molecule has 4 heteroatoms. The van der Waals surface area contributed by atoms with Crippen LogP contribution >= 0.6 is 23.2 Å². The number of H-pyrrole nitrogens is 1. The molecule has 2 nitrogen and oxygen atoms in total. The highest BCUT2D eigenvalue weighted by atomic mass is 35.5. The average Bonchev–Trinajstić information content (AvgIpc) is 2.85. The Morgan fingerprint density at radius 2 is 1.79 bits per heavy atom. The summed E-state index contributed by atoms with van der Waals surface area (Å²) in [6.45, 7) is 0.356. The van der Waals surface area contributed by atoms with E-state index in [1.165, 1.54) is 0 Å². The van der Waals surface area contributed by atoms with Gasteiger partial charge in [0.15, 0.2) is 0 Å². The molecule has 0 unspecified atom stereocenters. The third kappa shape index (κ3) is 2.55. The van der Waals surface area contributed by atoms with Crippen LogP contribution in [-0.4, -0.2) is 4.98 Å². The first-order valence-corrected chi connectivity index (χ1v) is 6.62. The lowest BCUT2D eigenvalue weighted by Crippen LogP contribution is -1.97. The molecule has 3 aromatic rings. The van der Waals surface area contributed by atoms with Gasteiger partial charge >= 0.3 is 0 Å². The number of aromatic amines is 1. The van der Waals surface area contributed by atoms with E-state index in [9.17, 15) is 0 Å². The Morgan fingerprint density at radius 1 is 1.00 bits per heavy atom. The van der Waals surface area contributed by atoms with Gasteiger partial charge in [0.2, 0.25) is 0 Å². The summed E-state index contributed by atoms with van der Waals surface area (Å²) in [6, 6.07) is 13.3. The van der Waals surface area contributed by atoms with E-state index in [2.05, 4.69) is 4.98 Å². The maximum absolute atomic E-state index is 6.10. The lowest BCUT2D eigenvalue weighted by molar-refractivity contribution is 0.307. The van der Waals surface area contributed by atoms with Crippen LogP contribution in [0.2, 0.25) is 10.0 Å². The molecule has 1 aromatic heterocycles. The summed E-state index contributed by atoms with van der Waals surface area (Å²) in [5, 5.41) is 2.35. The van der Waals surface area contributed by atoms with Crippen molar-refractivity contribution in [1.82, 2.24) is 4.98 Å². The van der Waals surface area contributed by atoms with Gasteiger partial charge in [0.05, 0.1) is 0 Å². The molecule has 0 saturated carbocycles. The minimum Gasteiger partial charge on any atom is -0.489 e. The minimum absolute atomic E-state index is 0.356. The number of hydrogen-bond donors (Lipinski definition) is 1. The van der Waals surface area contributed by atoms with Crippen molar-refractivity contribution in [3.8, 4) is 5.75 Å². The number of halogens is 2. The molecule has 1 heterocycles. The van der Waals surface area contributed by atoms with Gasteiger partial charge in [0.25, 0.3) is 0 Å². The molecular weight excluding hydrogens is 281 g/mol. The second-order valence-corrected chi connectivity index (χ2v) is 5.03.